The second-order valence-corrected chi connectivity index (χ2v) is 3.00. The number of hydrogen-bond acceptors (Lipinski definition) is 2. The van der Waals surface area contributed by atoms with Crippen LogP contribution >= 0.6 is 0 Å². The van der Waals surface area contributed by atoms with E-state index in [0.29, 0.717) is 0 Å². The van der Waals surface area contributed by atoms with E-state index in [1.807, 2.05) is 0 Å². The van der Waals surface area contributed by atoms with Crippen molar-refractivity contribution in [2.75, 3.05) is 33.2 Å². The minimum atomic E-state index is 1.16. The van der Waals surface area contributed by atoms with Crippen LogP contribution in [0.1, 0.15) is 26.7 Å². The van der Waals surface area contributed by atoms with Crippen molar-refractivity contribution >= 4 is 0 Å². The first-order chi connectivity index (χ1) is 5.31. The fraction of sp³-hybridized carbons (Fsp3) is 1.00. The van der Waals surface area contributed by atoms with E-state index in [1.165, 1.54) is 19.4 Å². The van der Waals surface area contributed by atoms with Gasteiger partial charge in [0, 0.05) is 0 Å². The third kappa shape index (κ3) is 7.82. The molecule has 0 aromatic rings. The molecule has 0 aromatic heterocycles. The van der Waals surface area contributed by atoms with Crippen molar-refractivity contribution in [3.63, 3.8) is 0 Å². The van der Waals surface area contributed by atoms with Crippen molar-refractivity contribution in [3.05, 3.63) is 0 Å². The number of nitrogens with one attached hydrogen (secondary N) is 1. The quantitative estimate of drug-likeness (QED) is 0.562. The van der Waals surface area contributed by atoms with Gasteiger partial charge in [-0.3, -0.25) is 0 Å². The molecule has 0 aromatic carbocycles. The van der Waals surface area contributed by atoms with Crippen LogP contribution in [0.4, 0.5) is 0 Å². The Bertz CT molecular complexity index is 74.0. The van der Waals surface area contributed by atoms with Crippen LogP contribution in [0.3, 0.4) is 0 Å². The normalized spacial score (nSPS) is 10.9. The molecule has 0 aliphatic carbocycles. The Labute approximate surface area is 71.0 Å². The van der Waals surface area contributed by atoms with E-state index >= 15 is 0 Å². The molecule has 0 aliphatic rings. The van der Waals surface area contributed by atoms with Gasteiger partial charge < -0.3 is 10.2 Å². The van der Waals surface area contributed by atoms with Gasteiger partial charge in [0.2, 0.25) is 0 Å². The van der Waals surface area contributed by atoms with Crippen molar-refractivity contribution in [2.45, 2.75) is 26.7 Å². The summed E-state index contributed by atoms with van der Waals surface area (Å²) in [5.41, 5.74) is 0. The van der Waals surface area contributed by atoms with E-state index in [0.717, 1.165) is 19.6 Å². The van der Waals surface area contributed by atoms with E-state index < -0.39 is 0 Å². The molecule has 2 nitrogen and oxygen atoms in total. The van der Waals surface area contributed by atoms with Gasteiger partial charge in [0.05, 0.1) is 0 Å². The zero-order valence-electron chi connectivity index (χ0n) is 8.19. The zero-order chi connectivity index (χ0) is 8.53. The standard InChI is InChI=1S/C9H22N2/c1-4-7-10-8-6-9-11(3)5-2/h10H,4-9H2,1-3H3. The lowest BCUT2D eigenvalue weighted by Crippen LogP contribution is -2.24. The molecular formula is C9H22N2. The van der Waals surface area contributed by atoms with Gasteiger partial charge in [0.1, 0.15) is 0 Å². The van der Waals surface area contributed by atoms with Crippen LogP contribution in [0, 0.1) is 0 Å². The van der Waals surface area contributed by atoms with Crippen molar-refractivity contribution in [1.29, 1.82) is 0 Å². The topological polar surface area (TPSA) is 15.3 Å². The van der Waals surface area contributed by atoms with Crippen LogP contribution in [-0.2, 0) is 0 Å². The molecule has 1 N–H and O–H groups in total. The molecule has 0 amide bonds. The second kappa shape index (κ2) is 8.02. The molecule has 0 bridgehead atoms. The predicted octanol–water partition coefficient (Wildman–Crippen LogP) is 1.33. The largest absolute Gasteiger partial charge is 0.317 e. The summed E-state index contributed by atoms with van der Waals surface area (Å²) >= 11 is 0. The molecule has 0 heterocycles. The van der Waals surface area contributed by atoms with Crippen LogP contribution in [0.5, 0.6) is 0 Å². The maximum Gasteiger partial charge on any atom is -0.000981 e. The average Bonchev–Trinajstić information content (AvgIpc) is 2.04. The van der Waals surface area contributed by atoms with Gasteiger partial charge in [0.25, 0.3) is 0 Å². The predicted molar refractivity (Wildman–Crippen MR) is 50.9 cm³/mol. The zero-order valence-corrected chi connectivity index (χ0v) is 8.19. The van der Waals surface area contributed by atoms with Gasteiger partial charge in [-0.2, -0.15) is 0 Å². The number of hydrogen-bond donors (Lipinski definition) is 1. The molecule has 0 fully saturated rings. The first-order valence-corrected chi connectivity index (χ1v) is 4.70. The maximum atomic E-state index is 3.39. The van der Waals surface area contributed by atoms with E-state index in [9.17, 15) is 0 Å². The first-order valence-electron chi connectivity index (χ1n) is 4.70. The molecule has 0 saturated carbocycles. The third-order valence-corrected chi connectivity index (χ3v) is 1.86. The third-order valence-electron chi connectivity index (χ3n) is 1.86. The molecule has 2 heteroatoms. The monoisotopic (exact) mass is 158 g/mol. The minimum absolute atomic E-state index is 1.16. The van der Waals surface area contributed by atoms with Crippen molar-refractivity contribution < 1.29 is 0 Å². The second-order valence-electron chi connectivity index (χ2n) is 3.00. The highest BCUT2D eigenvalue weighted by Crippen LogP contribution is 1.84. The lowest BCUT2D eigenvalue weighted by atomic mass is 10.4. The Morgan fingerprint density at radius 1 is 1.18 bits per heavy atom. The Kier molecular flexibility index (Phi) is 7.96. The summed E-state index contributed by atoms with van der Waals surface area (Å²) in [7, 11) is 2.17. The molecule has 0 atom stereocenters. The fourth-order valence-corrected chi connectivity index (χ4v) is 0.934. The van der Waals surface area contributed by atoms with Gasteiger partial charge in [-0.05, 0) is 46.1 Å². The SMILES string of the molecule is CCCNCCCN(C)CC. The van der Waals surface area contributed by atoms with E-state index in [1.54, 1.807) is 0 Å². The summed E-state index contributed by atoms with van der Waals surface area (Å²) in [6.07, 6.45) is 2.51. The molecule has 68 valence electrons. The van der Waals surface area contributed by atoms with Gasteiger partial charge in [-0.15, -0.1) is 0 Å². The van der Waals surface area contributed by atoms with Gasteiger partial charge in [0.15, 0.2) is 0 Å². The molecule has 0 rings (SSSR count). The Hall–Kier alpha value is -0.0800. The van der Waals surface area contributed by atoms with Crippen LogP contribution in [0.25, 0.3) is 0 Å². The average molecular weight is 158 g/mol. The van der Waals surface area contributed by atoms with Gasteiger partial charge in [-0.1, -0.05) is 13.8 Å². The number of nitrogens with zero attached hydrogens (tertiary/aromatic N) is 1. The van der Waals surface area contributed by atoms with Crippen LogP contribution in [-0.4, -0.2) is 38.1 Å². The van der Waals surface area contributed by atoms with Gasteiger partial charge in [-0.25, -0.2) is 0 Å². The van der Waals surface area contributed by atoms with Gasteiger partial charge >= 0.3 is 0 Å². The highest BCUT2D eigenvalue weighted by Gasteiger charge is 1.92. The molecule has 0 aliphatic heterocycles. The Morgan fingerprint density at radius 3 is 2.45 bits per heavy atom. The lowest BCUT2D eigenvalue weighted by Gasteiger charge is -2.13. The fourth-order valence-electron chi connectivity index (χ4n) is 0.934. The molecule has 0 saturated heterocycles. The van der Waals surface area contributed by atoms with Crippen molar-refractivity contribution in [2.24, 2.45) is 0 Å². The summed E-state index contributed by atoms with van der Waals surface area (Å²) in [6.45, 7) is 9.10. The minimum Gasteiger partial charge on any atom is -0.317 e. The summed E-state index contributed by atoms with van der Waals surface area (Å²) in [4.78, 5) is 2.34. The number of rotatable bonds is 7. The molecular weight excluding hydrogens is 136 g/mol. The van der Waals surface area contributed by atoms with Crippen LogP contribution in [0.2, 0.25) is 0 Å². The van der Waals surface area contributed by atoms with E-state index in [4.69, 9.17) is 0 Å². The highest BCUT2D eigenvalue weighted by atomic mass is 15.1. The maximum absolute atomic E-state index is 3.39. The van der Waals surface area contributed by atoms with Crippen LogP contribution < -0.4 is 5.32 Å². The lowest BCUT2D eigenvalue weighted by molar-refractivity contribution is 0.344. The summed E-state index contributed by atoms with van der Waals surface area (Å²) in [5, 5.41) is 3.39. The summed E-state index contributed by atoms with van der Waals surface area (Å²) < 4.78 is 0. The first kappa shape index (κ1) is 10.9. The van der Waals surface area contributed by atoms with E-state index in [-0.39, 0.29) is 0 Å². The summed E-state index contributed by atoms with van der Waals surface area (Å²) in [5.74, 6) is 0. The van der Waals surface area contributed by atoms with Crippen molar-refractivity contribution in [3.8, 4) is 0 Å². The summed E-state index contributed by atoms with van der Waals surface area (Å²) in [6, 6.07) is 0. The smallest absolute Gasteiger partial charge is 0.000981 e. The Morgan fingerprint density at radius 2 is 1.91 bits per heavy atom. The van der Waals surface area contributed by atoms with Crippen molar-refractivity contribution in [1.82, 2.24) is 10.2 Å². The van der Waals surface area contributed by atoms with E-state index in [2.05, 4.69) is 31.1 Å². The molecule has 0 spiro atoms. The van der Waals surface area contributed by atoms with Crippen LogP contribution in [0.15, 0.2) is 0 Å². The molecule has 0 unspecified atom stereocenters. The Balaban J connectivity index is 2.89. The molecule has 11 heavy (non-hydrogen) atoms. The molecule has 0 radical (unpaired) electrons. The highest BCUT2D eigenvalue weighted by molar-refractivity contribution is 4.51.